The number of hydroxylamine groups is 1. The molecule has 0 aromatic heterocycles. The van der Waals surface area contributed by atoms with Crippen molar-refractivity contribution < 1.29 is 27.6 Å². The summed E-state index contributed by atoms with van der Waals surface area (Å²) in [7, 11) is -1.45. The van der Waals surface area contributed by atoms with Crippen molar-refractivity contribution in [3.05, 3.63) is 28.2 Å². The summed E-state index contributed by atoms with van der Waals surface area (Å²) in [6, 6.07) is 3.88. The molecule has 0 aliphatic heterocycles. The van der Waals surface area contributed by atoms with Crippen LogP contribution in [0.1, 0.15) is 24.2 Å². The lowest BCUT2D eigenvalue weighted by atomic mass is 10.2. The third-order valence-electron chi connectivity index (χ3n) is 2.91. The third-order valence-corrected chi connectivity index (χ3v) is 5.27. The normalized spacial score (nSPS) is 13.0. The minimum absolute atomic E-state index is 0.00122. The monoisotopic (exact) mass is 393 g/mol. The van der Waals surface area contributed by atoms with Crippen LogP contribution in [0.4, 0.5) is 0 Å². The molecular weight excluding hydrogens is 378 g/mol. The lowest BCUT2D eigenvalue weighted by Crippen LogP contribution is -2.26. The van der Waals surface area contributed by atoms with Crippen molar-refractivity contribution in [3.63, 3.8) is 0 Å². The van der Waals surface area contributed by atoms with Crippen molar-refractivity contribution in [1.82, 2.24) is 4.47 Å². The minimum Gasteiger partial charge on any atom is -0.451 e. The van der Waals surface area contributed by atoms with Crippen molar-refractivity contribution in [2.24, 2.45) is 0 Å². The van der Waals surface area contributed by atoms with Crippen LogP contribution in [-0.4, -0.2) is 44.9 Å². The predicted octanol–water partition coefficient (Wildman–Crippen LogP) is 1.77. The molecule has 0 bridgehead atoms. The van der Waals surface area contributed by atoms with E-state index in [-0.39, 0.29) is 16.2 Å². The Balaban J connectivity index is 3.21. The number of esters is 1. The quantitative estimate of drug-likeness (QED) is 0.540. The van der Waals surface area contributed by atoms with Crippen molar-refractivity contribution in [1.29, 1.82) is 0 Å². The van der Waals surface area contributed by atoms with E-state index in [0.717, 1.165) is 6.07 Å². The van der Waals surface area contributed by atoms with Gasteiger partial charge in [-0.25, -0.2) is 13.2 Å². The molecule has 0 radical (unpaired) electrons. The molecule has 1 rings (SSSR count). The van der Waals surface area contributed by atoms with Gasteiger partial charge in [0.15, 0.2) is 11.9 Å². The van der Waals surface area contributed by atoms with Gasteiger partial charge in [0.2, 0.25) is 0 Å². The fourth-order valence-corrected chi connectivity index (χ4v) is 2.78. The Kier molecular flexibility index (Phi) is 6.24. The summed E-state index contributed by atoms with van der Waals surface area (Å²) in [5.74, 6) is -1.11. The third kappa shape index (κ3) is 4.13. The fourth-order valence-electron chi connectivity index (χ4n) is 1.37. The second-order valence-corrected chi connectivity index (χ2v) is 7.19. The highest BCUT2D eigenvalue weighted by Crippen LogP contribution is 2.24. The molecule has 0 saturated heterocycles. The zero-order valence-corrected chi connectivity index (χ0v) is 14.9. The van der Waals surface area contributed by atoms with E-state index in [9.17, 15) is 18.0 Å². The molecular formula is C13H16BrNO6S. The van der Waals surface area contributed by atoms with Gasteiger partial charge in [-0.05, 0) is 48.0 Å². The van der Waals surface area contributed by atoms with E-state index in [4.69, 9.17) is 4.74 Å². The van der Waals surface area contributed by atoms with Gasteiger partial charge >= 0.3 is 5.97 Å². The van der Waals surface area contributed by atoms with E-state index in [1.165, 1.54) is 40.1 Å². The molecule has 22 heavy (non-hydrogen) atoms. The topological polar surface area (TPSA) is 90.0 Å². The van der Waals surface area contributed by atoms with Crippen LogP contribution in [0.2, 0.25) is 0 Å². The van der Waals surface area contributed by atoms with Gasteiger partial charge in [0.05, 0.1) is 17.6 Å². The Morgan fingerprint density at radius 3 is 2.41 bits per heavy atom. The van der Waals surface area contributed by atoms with Gasteiger partial charge in [0.1, 0.15) is 0 Å². The average Bonchev–Trinajstić information content (AvgIpc) is 2.46. The van der Waals surface area contributed by atoms with Gasteiger partial charge in [-0.2, -0.15) is 0 Å². The Bertz CT molecular complexity index is 688. The molecule has 1 atom stereocenters. The number of ether oxygens (including phenoxy) is 1. The summed E-state index contributed by atoms with van der Waals surface area (Å²) in [4.78, 5) is 27.7. The Hall–Kier alpha value is -1.29. The van der Waals surface area contributed by atoms with Crippen molar-refractivity contribution >= 4 is 37.7 Å². The van der Waals surface area contributed by atoms with Crippen LogP contribution < -0.4 is 0 Å². The zero-order valence-electron chi connectivity index (χ0n) is 12.5. The maximum Gasteiger partial charge on any atom is 0.340 e. The van der Waals surface area contributed by atoms with E-state index in [1.807, 2.05) is 0 Å². The van der Waals surface area contributed by atoms with Crippen molar-refractivity contribution in [2.75, 3.05) is 14.2 Å². The minimum atomic E-state index is -3.89. The highest BCUT2D eigenvalue weighted by atomic mass is 79.9. The highest BCUT2D eigenvalue weighted by molar-refractivity contribution is 9.10. The summed E-state index contributed by atoms with van der Waals surface area (Å²) in [5, 5.41) is 0. The molecule has 0 heterocycles. The Morgan fingerprint density at radius 1 is 1.32 bits per heavy atom. The molecule has 1 aromatic rings. The first-order valence-electron chi connectivity index (χ1n) is 6.15. The smallest absolute Gasteiger partial charge is 0.340 e. The molecule has 0 aliphatic rings. The maximum absolute atomic E-state index is 12.2. The summed E-state index contributed by atoms with van der Waals surface area (Å²) in [6.07, 6.45) is -0.915. The number of rotatable bonds is 6. The number of carbonyl (C=O) groups is 2. The first-order chi connectivity index (χ1) is 10.1. The second kappa shape index (κ2) is 7.32. The first-order valence-corrected chi connectivity index (χ1v) is 8.38. The number of sulfonamides is 1. The van der Waals surface area contributed by atoms with Gasteiger partial charge in [-0.1, -0.05) is 4.47 Å². The lowest BCUT2D eigenvalue weighted by molar-refractivity contribution is -0.124. The van der Waals surface area contributed by atoms with Crippen LogP contribution in [0.5, 0.6) is 0 Å². The molecule has 0 N–H and O–H groups in total. The SMILES string of the molecule is CON(C)S(=O)(=O)c1ccc(Br)c(C(=O)O[C@H](C)C(C)=O)c1. The molecule has 0 aliphatic carbocycles. The number of hydrogen-bond acceptors (Lipinski definition) is 6. The molecule has 1 aromatic carbocycles. The van der Waals surface area contributed by atoms with Gasteiger partial charge in [0.25, 0.3) is 10.0 Å². The average molecular weight is 394 g/mol. The van der Waals surface area contributed by atoms with Crippen LogP contribution >= 0.6 is 15.9 Å². The van der Waals surface area contributed by atoms with E-state index in [0.29, 0.717) is 8.94 Å². The zero-order chi connectivity index (χ0) is 17.1. The van der Waals surface area contributed by atoms with Crippen LogP contribution in [0.15, 0.2) is 27.6 Å². The second-order valence-electron chi connectivity index (χ2n) is 4.40. The highest BCUT2D eigenvalue weighted by Gasteiger charge is 2.24. The molecule has 7 nitrogen and oxygen atoms in total. The van der Waals surface area contributed by atoms with E-state index >= 15 is 0 Å². The van der Waals surface area contributed by atoms with Crippen molar-refractivity contribution in [3.8, 4) is 0 Å². The predicted molar refractivity (Wildman–Crippen MR) is 81.7 cm³/mol. The number of carbonyl (C=O) groups excluding carboxylic acids is 2. The number of benzene rings is 1. The molecule has 0 fully saturated rings. The molecule has 0 spiro atoms. The number of hydrogen-bond donors (Lipinski definition) is 0. The van der Waals surface area contributed by atoms with Gasteiger partial charge in [-0.15, -0.1) is 0 Å². The van der Waals surface area contributed by atoms with Crippen LogP contribution in [0.25, 0.3) is 0 Å². The van der Waals surface area contributed by atoms with Crippen LogP contribution in [0.3, 0.4) is 0 Å². The number of nitrogens with zero attached hydrogens (tertiary/aromatic N) is 1. The van der Waals surface area contributed by atoms with Crippen molar-refractivity contribution in [2.45, 2.75) is 24.8 Å². The molecule has 0 saturated carbocycles. The van der Waals surface area contributed by atoms with Crippen LogP contribution in [-0.2, 0) is 24.4 Å². The standard InChI is InChI=1S/C13H16BrNO6S/c1-8(16)9(2)21-13(17)11-7-10(5-6-12(11)14)22(18,19)15(3)20-4/h5-7,9H,1-4H3/t9-/m1/s1. The van der Waals surface area contributed by atoms with E-state index in [1.54, 1.807) is 0 Å². The molecule has 9 heteroatoms. The number of ketones is 1. The number of Topliss-reactive ketones (excluding diaryl/α,β-unsaturated/α-hetero) is 1. The fraction of sp³-hybridized carbons (Fsp3) is 0.385. The van der Waals surface area contributed by atoms with E-state index < -0.39 is 22.1 Å². The maximum atomic E-state index is 12.2. The van der Waals surface area contributed by atoms with Gasteiger partial charge in [-0.3, -0.25) is 9.63 Å². The molecule has 0 amide bonds. The van der Waals surface area contributed by atoms with E-state index in [2.05, 4.69) is 20.8 Å². The largest absolute Gasteiger partial charge is 0.451 e. The Morgan fingerprint density at radius 2 is 1.91 bits per heavy atom. The lowest BCUT2D eigenvalue weighted by Gasteiger charge is -2.15. The first kappa shape index (κ1) is 18.8. The molecule has 122 valence electrons. The molecule has 0 unspecified atom stereocenters. The summed E-state index contributed by atoms with van der Waals surface area (Å²) in [5.41, 5.74) is -0.00122. The summed E-state index contributed by atoms with van der Waals surface area (Å²) < 4.78 is 30.3. The van der Waals surface area contributed by atoms with Gasteiger partial charge < -0.3 is 4.74 Å². The summed E-state index contributed by atoms with van der Waals surface area (Å²) in [6.45, 7) is 2.73. The van der Waals surface area contributed by atoms with Crippen LogP contribution in [0, 0.1) is 0 Å². The summed E-state index contributed by atoms with van der Waals surface area (Å²) >= 11 is 3.15. The number of halogens is 1. The Labute approximate surface area is 137 Å². The van der Waals surface area contributed by atoms with Gasteiger partial charge in [0, 0.05) is 11.5 Å².